The van der Waals surface area contributed by atoms with Crippen molar-refractivity contribution in [1.29, 1.82) is 0 Å². The second-order valence-electron chi connectivity index (χ2n) is 7.28. The van der Waals surface area contributed by atoms with Crippen molar-refractivity contribution in [3.63, 3.8) is 0 Å². The zero-order chi connectivity index (χ0) is 20.8. The molecule has 156 valence electrons. The summed E-state index contributed by atoms with van der Waals surface area (Å²) in [6.45, 7) is -1.24. The van der Waals surface area contributed by atoms with Gasteiger partial charge in [-0.1, -0.05) is 12.1 Å². The minimum absolute atomic E-state index is 0.0152. The van der Waals surface area contributed by atoms with Crippen molar-refractivity contribution in [2.45, 2.75) is 32.1 Å². The van der Waals surface area contributed by atoms with E-state index in [1.807, 2.05) is 43.3 Å². The van der Waals surface area contributed by atoms with E-state index in [9.17, 15) is 13.6 Å². The molecule has 1 aliphatic heterocycles. The number of rotatable bonds is 8. The van der Waals surface area contributed by atoms with Gasteiger partial charge in [0.15, 0.2) is 0 Å². The summed E-state index contributed by atoms with van der Waals surface area (Å²) < 4.78 is 34.8. The van der Waals surface area contributed by atoms with Crippen LogP contribution < -0.4 is 9.64 Å². The van der Waals surface area contributed by atoms with Gasteiger partial charge in [0.05, 0.1) is 6.10 Å². The van der Waals surface area contributed by atoms with E-state index in [0.29, 0.717) is 25.3 Å². The number of ether oxygens (including phenoxy) is 2. The quantitative estimate of drug-likeness (QED) is 0.662. The normalized spacial score (nSPS) is 16.1. The molecule has 1 saturated heterocycles. The first-order valence-corrected chi connectivity index (χ1v) is 9.64. The van der Waals surface area contributed by atoms with Gasteiger partial charge in [-0.15, -0.1) is 0 Å². The van der Waals surface area contributed by atoms with E-state index >= 15 is 0 Å². The standard InChI is InChI=1S/C22H26F2N2O3/c1-25(2)18-9-5-16(6-10-18)14-26(15-20-4-3-13-28-20)21(27)17-7-11-19(12-8-17)29-22(23)24/h5-12,20,22H,3-4,13-15H2,1-2H3. The summed E-state index contributed by atoms with van der Waals surface area (Å²) in [5.41, 5.74) is 2.52. The summed E-state index contributed by atoms with van der Waals surface area (Å²) in [6, 6.07) is 13.8. The number of anilines is 1. The third kappa shape index (κ3) is 5.90. The predicted molar refractivity (Wildman–Crippen MR) is 108 cm³/mol. The Morgan fingerprint density at radius 3 is 2.38 bits per heavy atom. The molecule has 0 saturated carbocycles. The van der Waals surface area contributed by atoms with E-state index < -0.39 is 6.61 Å². The van der Waals surface area contributed by atoms with Gasteiger partial charge in [0.1, 0.15) is 5.75 Å². The molecular weight excluding hydrogens is 378 g/mol. The molecule has 0 N–H and O–H groups in total. The smallest absolute Gasteiger partial charge is 0.387 e. The topological polar surface area (TPSA) is 42.0 Å². The molecule has 0 radical (unpaired) electrons. The molecule has 0 aromatic heterocycles. The van der Waals surface area contributed by atoms with Crippen molar-refractivity contribution in [2.24, 2.45) is 0 Å². The summed E-state index contributed by atoms with van der Waals surface area (Å²) in [5.74, 6) is -0.137. The van der Waals surface area contributed by atoms with Gasteiger partial charge in [-0.2, -0.15) is 8.78 Å². The summed E-state index contributed by atoms with van der Waals surface area (Å²) in [7, 11) is 3.95. The molecule has 1 fully saturated rings. The van der Waals surface area contributed by atoms with Crippen LogP contribution in [0.2, 0.25) is 0 Å². The van der Waals surface area contributed by atoms with Gasteiger partial charge in [-0.3, -0.25) is 4.79 Å². The molecule has 7 heteroatoms. The Morgan fingerprint density at radius 2 is 1.83 bits per heavy atom. The van der Waals surface area contributed by atoms with Gasteiger partial charge in [0.2, 0.25) is 0 Å². The van der Waals surface area contributed by atoms with Crippen LogP contribution in [0.15, 0.2) is 48.5 Å². The van der Waals surface area contributed by atoms with Crippen LogP contribution in [0.25, 0.3) is 0 Å². The monoisotopic (exact) mass is 404 g/mol. The third-order valence-corrected chi connectivity index (χ3v) is 4.89. The van der Waals surface area contributed by atoms with Crippen LogP contribution in [0.5, 0.6) is 5.75 Å². The van der Waals surface area contributed by atoms with Gasteiger partial charge in [0, 0.05) is 45.0 Å². The van der Waals surface area contributed by atoms with Crippen LogP contribution in [-0.4, -0.2) is 50.8 Å². The van der Waals surface area contributed by atoms with E-state index in [-0.39, 0.29) is 17.8 Å². The molecule has 1 aliphatic rings. The molecule has 5 nitrogen and oxygen atoms in total. The zero-order valence-electron chi connectivity index (χ0n) is 16.7. The van der Waals surface area contributed by atoms with Gasteiger partial charge in [-0.05, 0) is 54.8 Å². The average molecular weight is 404 g/mol. The zero-order valence-corrected chi connectivity index (χ0v) is 16.7. The highest BCUT2D eigenvalue weighted by Crippen LogP contribution is 2.21. The van der Waals surface area contributed by atoms with Gasteiger partial charge in [0.25, 0.3) is 5.91 Å². The molecule has 0 spiro atoms. The number of nitrogens with zero attached hydrogens (tertiary/aromatic N) is 2. The van der Waals surface area contributed by atoms with Gasteiger partial charge in [-0.25, -0.2) is 0 Å². The summed E-state index contributed by atoms with van der Waals surface area (Å²) in [4.78, 5) is 16.9. The Morgan fingerprint density at radius 1 is 1.14 bits per heavy atom. The first kappa shape index (κ1) is 21.0. The Kier molecular flexibility index (Phi) is 7.04. The minimum Gasteiger partial charge on any atom is -0.435 e. The lowest BCUT2D eigenvalue weighted by Crippen LogP contribution is -2.37. The second kappa shape index (κ2) is 9.69. The second-order valence-corrected chi connectivity index (χ2v) is 7.28. The third-order valence-electron chi connectivity index (χ3n) is 4.89. The molecule has 0 aliphatic carbocycles. The summed E-state index contributed by atoms with van der Waals surface area (Å²) in [6.07, 6.45) is 1.93. The number of alkyl halides is 2. The maximum atomic E-state index is 13.1. The van der Waals surface area contributed by atoms with Crippen LogP contribution in [0.3, 0.4) is 0 Å². The predicted octanol–water partition coefficient (Wildman–Crippen LogP) is 4.18. The number of halogens is 2. The van der Waals surface area contributed by atoms with E-state index in [1.54, 1.807) is 4.90 Å². The van der Waals surface area contributed by atoms with Crippen molar-refractivity contribution in [3.05, 3.63) is 59.7 Å². The Labute approximate surface area is 169 Å². The highest BCUT2D eigenvalue weighted by molar-refractivity contribution is 5.94. The lowest BCUT2D eigenvalue weighted by Gasteiger charge is -2.26. The Bertz CT molecular complexity index is 789. The van der Waals surface area contributed by atoms with E-state index in [1.165, 1.54) is 24.3 Å². The highest BCUT2D eigenvalue weighted by Gasteiger charge is 2.24. The van der Waals surface area contributed by atoms with Crippen LogP contribution in [0.4, 0.5) is 14.5 Å². The van der Waals surface area contributed by atoms with E-state index in [0.717, 1.165) is 24.1 Å². The SMILES string of the molecule is CN(C)c1ccc(CN(CC2CCCO2)C(=O)c2ccc(OC(F)F)cc2)cc1. The number of carbonyl (C=O) groups excluding carboxylic acids is 1. The molecule has 2 aromatic carbocycles. The van der Waals surface area contributed by atoms with Crippen molar-refractivity contribution >= 4 is 11.6 Å². The largest absolute Gasteiger partial charge is 0.435 e. The van der Waals surface area contributed by atoms with E-state index in [2.05, 4.69) is 4.74 Å². The molecule has 1 heterocycles. The van der Waals surface area contributed by atoms with Crippen molar-refractivity contribution in [2.75, 3.05) is 32.1 Å². The van der Waals surface area contributed by atoms with Gasteiger partial charge >= 0.3 is 6.61 Å². The average Bonchev–Trinajstić information content (AvgIpc) is 3.20. The lowest BCUT2D eigenvalue weighted by atomic mass is 10.1. The molecule has 2 aromatic rings. The number of amides is 1. The molecule has 1 amide bonds. The molecular formula is C22H26F2N2O3. The summed E-state index contributed by atoms with van der Waals surface area (Å²) in [5, 5.41) is 0. The molecule has 1 unspecified atom stereocenters. The van der Waals surface area contributed by atoms with Crippen LogP contribution >= 0.6 is 0 Å². The number of hydrogen-bond acceptors (Lipinski definition) is 4. The first-order chi connectivity index (χ1) is 13.9. The fourth-order valence-electron chi connectivity index (χ4n) is 3.33. The molecule has 0 bridgehead atoms. The molecule has 3 rings (SSSR count). The van der Waals surface area contributed by atoms with Crippen LogP contribution in [-0.2, 0) is 11.3 Å². The fourth-order valence-corrected chi connectivity index (χ4v) is 3.33. The Hall–Kier alpha value is -2.67. The minimum atomic E-state index is -2.89. The molecule has 1 atom stereocenters. The van der Waals surface area contributed by atoms with Crippen molar-refractivity contribution in [1.82, 2.24) is 4.90 Å². The maximum absolute atomic E-state index is 13.1. The van der Waals surface area contributed by atoms with E-state index in [4.69, 9.17) is 4.74 Å². The number of carbonyl (C=O) groups is 1. The maximum Gasteiger partial charge on any atom is 0.387 e. The number of hydrogen-bond donors (Lipinski definition) is 0. The fraction of sp³-hybridized carbons (Fsp3) is 0.409. The molecule has 29 heavy (non-hydrogen) atoms. The van der Waals surface area contributed by atoms with Crippen molar-refractivity contribution in [3.8, 4) is 5.75 Å². The first-order valence-electron chi connectivity index (χ1n) is 9.64. The highest BCUT2D eigenvalue weighted by atomic mass is 19.3. The van der Waals surface area contributed by atoms with Gasteiger partial charge < -0.3 is 19.3 Å². The van der Waals surface area contributed by atoms with Crippen LogP contribution in [0.1, 0.15) is 28.8 Å². The summed E-state index contributed by atoms with van der Waals surface area (Å²) >= 11 is 0. The van der Waals surface area contributed by atoms with Crippen LogP contribution in [0, 0.1) is 0 Å². The number of benzene rings is 2. The Balaban J connectivity index is 1.75. The van der Waals surface area contributed by atoms with Crippen molar-refractivity contribution < 1.29 is 23.0 Å². The lowest BCUT2D eigenvalue weighted by molar-refractivity contribution is -0.0498.